The largest absolute Gasteiger partial charge is 0.496 e. The van der Waals surface area contributed by atoms with E-state index < -0.39 is 5.97 Å². The topological polar surface area (TPSA) is 52.6 Å². The second-order valence-corrected chi connectivity index (χ2v) is 6.80. The lowest BCUT2D eigenvalue weighted by molar-refractivity contribution is -0.144. The number of rotatable bonds is 7. The first-order chi connectivity index (χ1) is 11.0. The molecule has 0 spiro atoms. The third kappa shape index (κ3) is 5.23. The van der Waals surface area contributed by atoms with Gasteiger partial charge in [0, 0.05) is 17.0 Å². The van der Waals surface area contributed by atoms with Gasteiger partial charge in [0.1, 0.15) is 12.4 Å². The number of ketones is 1. The summed E-state index contributed by atoms with van der Waals surface area (Å²) in [5.74, 6) is 0.00808. The van der Waals surface area contributed by atoms with Crippen LogP contribution in [0.4, 0.5) is 0 Å². The average Bonchev–Trinajstić information content (AvgIpc) is 2.97. The molecule has 0 aliphatic heterocycles. The summed E-state index contributed by atoms with van der Waals surface area (Å²) in [5, 5.41) is 0.529. The minimum absolute atomic E-state index is 0.0111. The molecule has 0 aliphatic rings. The zero-order valence-electron chi connectivity index (χ0n) is 12.3. The van der Waals surface area contributed by atoms with Gasteiger partial charge < -0.3 is 9.47 Å². The highest BCUT2D eigenvalue weighted by molar-refractivity contribution is 7.18. The number of carbonyl (C=O) groups excluding carboxylic acids is 2. The molecule has 122 valence electrons. The van der Waals surface area contributed by atoms with Crippen molar-refractivity contribution in [2.45, 2.75) is 19.4 Å². The third-order valence-corrected chi connectivity index (χ3v) is 4.54. The van der Waals surface area contributed by atoms with Crippen molar-refractivity contribution in [3.63, 3.8) is 0 Å². The number of Topliss-reactive ketones (excluding diaryl/α,β-unsaturated/α-hetero) is 1. The molecule has 0 fully saturated rings. The van der Waals surface area contributed by atoms with Gasteiger partial charge in [0.2, 0.25) is 0 Å². The van der Waals surface area contributed by atoms with E-state index in [1.54, 1.807) is 30.3 Å². The minimum Gasteiger partial charge on any atom is -0.496 e. The van der Waals surface area contributed by atoms with Gasteiger partial charge in [-0.15, -0.1) is 11.3 Å². The SMILES string of the molecule is COc1ccc(Cl)cc1COC(=O)CCC(=O)c1ccc(Cl)s1. The highest BCUT2D eigenvalue weighted by Crippen LogP contribution is 2.24. The van der Waals surface area contributed by atoms with Crippen LogP contribution in [0.25, 0.3) is 0 Å². The number of ether oxygens (including phenoxy) is 2. The fourth-order valence-corrected chi connectivity index (χ4v) is 3.10. The molecule has 0 saturated heterocycles. The van der Waals surface area contributed by atoms with Gasteiger partial charge in [-0.05, 0) is 30.3 Å². The summed E-state index contributed by atoms with van der Waals surface area (Å²) >= 11 is 12.9. The van der Waals surface area contributed by atoms with E-state index in [9.17, 15) is 9.59 Å². The summed E-state index contributed by atoms with van der Waals surface area (Å²) in [6.45, 7) is 0.0432. The van der Waals surface area contributed by atoms with Crippen LogP contribution in [0.2, 0.25) is 9.36 Å². The lowest BCUT2D eigenvalue weighted by atomic mass is 10.2. The number of benzene rings is 1. The van der Waals surface area contributed by atoms with Crippen molar-refractivity contribution < 1.29 is 19.1 Å². The molecule has 0 N–H and O–H groups in total. The molecule has 2 rings (SSSR count). The summed E-state index contributed by atoms with van der Waals surface area (Å²) < 4.78 is 10.9. The fraction of sp³-hybridized carbons (Fsp3) is 0.250. The molecule has 0 amide bonds. The molecule has 1 aromatic carbocycles. The van der Waals surface area contributed by atoms with Crippen molar-refractivity contribution in [1.29, 1.82) is 0 Å². The Balaban J connectivity index is 1.83. The first-order valence-electron chi connectivity index (χ1n) is 6.76. The highest BCUT2D eigenvalue weighted by Gasteiger charge is 2.13. The van der Waals surface area contributed by atoms with Gasteiger partial charge in [0.15, 0.2) is 5.78 Å². The Morgan fingerprint density at radius 3 is 2.57 bits per heavy atom. The molecule has 0 saturated carbocycles. The van der Waals surface area contributed by atoms with Crippen LogP contribution in [0.15, 0.2) is 30.3 Å². The molecular formula is C16H14Cl2O4S. The van der Waals surface area contributed by atoms with Gasteiger partial charge in [-0.1, -0.05) is 23.2 Å². The molecular weight excluding hydrogens is 359 g/mol. The summed E-state index contributed by atoms with van der Waals surface area (Å²) in [6, 6.07) is 8.37. The molecule has 4 nitrogen and oxygen atoms in total. The second kappa shape index (κ2) is 8.34. The lowest BCUT2D eigenvalue weighted by Crippen LogP contribution is -2.08. The molecule has 0 aliphatic carbocycles. The van der Waals surface area contributed by atoms with E-state index in [0.717, 1.165) is 0 Å². The van der Waals surface area contributed by atoms with Crippen LogP contribution >= 0.6 is 34.5 Å². The van der Waals surface area contributed by atoms with Crippen LogP contribution in [-0.4, -0.2) is 18.9 Å². The second-order valence-electron chi connectivity index (χ2n) is 4.64. The van der Waals surface area contributed by atoms with Gasteiger partial charge in [-0.3, -0.25) is 9.59 Å². The quantitative estimate of drug-likeness (QED) is 0.518. The molecule has 0 unspecified atom stereocenters. The predicted molar refractivity (Wildman–Crippen MR) is 90.7 cm³/mol. The van der Waals surface area contributed by atoms with Crippen molar-refractivity contribution in [2.24, 2.45) is 0 Å². The number of thiophene rings is 1. The normalized spacial score (nSPS) is 10.4. The van der Waals surface area contributed by atoms with E-state index in [-0.39, 0.29) is 25.2 Å². The van der Waals surface area contributed by atoms with E-state index in [0.29, 0.717) is 25.5 Å². The fourth-order valence-electron chi connectivity index (χ4n) is 1.89. The Morgan fingerprint density at radius 2 is 1.91 bits per heavy atom. The molecule has 0 radical (unpaired) electrons. The monoisotopic (exact) mass is 372 g/mol. The summed E-state index contributed by atoms with van der Waals surface area (Å²) in [6.07, 6.45) is 0.0968. The molecule has 0 bridgehead atoms. The molecule has 7 heteroatoms. The van der Waals surface area contributed by atoms with Crippen molar-refractivity contribution >= 4 is 46.3 Å². The molecule has 1 heterocycles. The van der Waals surface area contributed by atoms with Gasteiger partial charge in [-0.2, -0.15) is 0 Å². The van der Waals surface area contributed by atoms with E-state index in [2.05, 4.69) is 0 Å². The van der Waals surface area contributed by atoms with Gasteiger partial charge in [0.05, 0.1) is 22.7 Å². The van der Waals surface area contributed by atoms with Crippen molar-refractivity contribution in [3.05, 3.63) is 50.1 Å². The Labute approximate surface area is 147 Å². The summed E-state index contributed by atoms with van der Waals surface area (Å²) in [7, 11) is 1.53. The van der Waals surface area contributed by atoms with Crippen molar-refractivity contribution in [2.75, 3.05) is 7.11 Å². The zero-order chi connectivity index (χ0) is 16.8. The zero-order valence-corrected chi connectivity index (χ0v) is 14.6. The highest BCUT2D eigenvalue weighted by atomic mass is 35.5. The van der Waals surface area contributed by atoms with E-state index in [1.165, 1.54) is 18.4 Å². The summed E-state index contributed by atoms with van der Waals surface area (Å²) in [4.78, 5) is 24.2. The molecule has 2 aromatic rings. The lowest BCUT2D eigenvalue weighted by Gasteiger charge is -2.09. The molecule has 1 aromatic heterocycles. The van der Waals surface area contributed by atoms with Gasteiger partial charge in [-0.25, -0.2) is 0 Å². The Bertz CT molecular complexity index is 712. The number of carbonyl (C=O) groups is 2. The Morgan fingerprint density at radius 1 is 1.13 bits per heavy atom. The third-order valence-electron chi connectivity index (χ3n) is 3.04. The number of hydrogen-bond donors (Lipinski definition) is 0. The van der Waals surface area contributed by atoms with E-state index in [4.69, 9.17) is 32.7 Å². The maximum absolute atomic E-state index is 11.9. The number of halogens is 2. The van der Waals surface area contributed by atoms with Crippen LogP contribution in [0.5, 0.6) is 5.75 Å². The van der Waals surface area contributed by atoms with Crippen LogP contribution in [0.3, 0.4) is 0 Å². The van der Waals surface area contributed by atoms with Crippen LogP contribution in [0, 0.1) is 0 Å². The number of methoxy groups -OCH3 is 1. The number of hydrogen-bond acceptors (Lipinski definition) is 5. The average molecular weight is 373 g/mol. The Kier molecular flexibility index (Phi) is 6.45. The first-order valence-corrected chi connectivity index (χ1v) is 8.33. The van der Waals surface area contributed by atoms with Crippen LogP contribution < -0.4 is 4.74 Å². The Hall–Kier alpha value is -1.56. The molecule has 0 atom stereocenters. The number of esters is 1. The maximum Gasteiger partial charge on any atom is 0.306 e. The molecule has 23 heavy (non-hydrogen) atoms. The predicted octanol–water partition coefficient (Wildman–Crippen LogP) is 4.77. The van der Waals surface area contributed by atoms with Gasteiger partial charge in [0.25, 0.3) is 0 Å². The van der Waals surface area contributed by atoms with Crippen LogP contribution in [0.1, 0.15) is 28.1 Å². The minimum atomic E-state index is -0.456. The van der Waals surface area contributed by atoms with Gasteiger partial charge >= 0.3 is 5.97 Å². The van der Waals surface area contributed by atoms with Crippen molar-refractivity contribution in [3.8, 4) is 5.75 Å². The van der Waals surface area contributed by atoms with E-state index in [1.807, 2.05) is 0 Å². The maximum atomic E-state index is 11.9. The smallest absolute Gasteiger partial charge is 0.306 e. The van der Waals surface area contributed by atoms with E-state index >= 15 is 0 Å². The van der Waals surface area contributed by atoms with Crippen LogP contribution in [-0.2, 0) is 16.1 Å². The standard InChI is InChI=1S/C16H14Cl2O4S/c1-21-13-4-2-11(17)8-10(13)9-22-16(20)7-3-12(19)14-5-6-15(18)23-14/h2,4-6,8H,3,7,9H2,1H3. The first kappa shape index (κ1) is 17.8. The van der Waals surface area contributed by atoms with Crippen molar-refractivity contribution in [1.82, 2.24) is 0 Å². The summed E-state index contributed by atoms with van der Waals surface area (Å²) in [5.41, 5.74) is 0.671.